The number of furan rings is 1. The molecule has 0 aliphatic heterocycles. The van der Waals surface area contributed by atoms with Crippen LogP contribution in [0.4, 0.5) is 0 Å². The lowest BCUT2D eigenvalue weighted by molar-refractivity contribution is 0.669. The van der Waals surface area contributed by atoms with Gasteiger partial charge in [-0.3, -0.25) is 4.98 Å². The van der Waals surface area contributed by atoms with Crippen LogP contribution in [0.1, 0.15) is 22.3 Å². The fourth-order valence-corrected chi connectivity index (χ4v) is 10.3. The molecule has 0 fully saturated rings. The second-order valence-corrected chi connectivity index (χ2v) is 15.0. The maximum atomic E-state index is 6.47. The number of nitrogens with zero attached hydrogens (tertiary/aromatic N) is 1. The van der Waals surface area contributed by atoms with E-state index in [1.807, 2.05) is 12.3 Å². The summed E-state index contributed by atoms with van der Waals surface area (Å²) in [6.07, 6.45) is 1.94. The van der Waals surface area contributed by atoms with Gasteiger partial charge in [0.05, 0.1) is 11.1 Å². The minimum atomic E-state index is -0.526. The van der Waals surface area contributed by atoms with E-state index in [-0.39, 0.29) is 0 Å². The Morgan fingerprint density at radius 2 is 1.04 bits per heavy atom. The molecule has 0 saturated heterocycles. The molecular formula is C52H29NO. The zero-order valence-corrected chi connectivity index (χ0v) is 29.1. The maximum absolute atomic E-state index is 6.47. The minimum Gasteiger partial charge on any atom is -0.456 e. The van der Waals surface area contributed by atoms with Crippen molar-refractivity contribution in [2.45, 2.75) is 5.41 Å². The molecule has 2 heterocycles. The van der Waals surface area contributed by atoms with Gasteiger partial charge in [0.2, 0.25) is 0 Å². The summed E-state index contributed by atoms with van der Waals surface area (Å²) in [6, 6.07) is 62.8. The van der Waals surface area contributed by atoms with Gasteiger partial charge in [0.1, 0.15) is 11.2 Å². The highest BCUT2D eigenvalue weighted by Gasteiger charge is 2.52. The second kappa shape index (κ2) is 10.1. The van der Waals surface area contributed by atoms with Crippen molar-refractivity contribution in [1.29, 1.82) is 0 Å². The van der Waals surface area contributed by atoms with E-state index in [2.05, 4.69) is 164 Å². The number of hydrogen-bond acceptors (Lipinski definition) is 2. The van der Waals surface area contributed by atoms with Gasteiger partial charge in [-0.05, 0) is 118 Å². The van der Waals surface area contributed by atoms with E-state index in [4.69, 9.17) is 9.40 Å². The lowest BCUT2D eigenvalue weighted by Crippen LogP contribution is -2.26. The number of pyridine rings is 1. The molecule has 2 nitrogen and oxygen atoms in total. The highest BCUT2D eigenvalue weighted by Crippen LogP contribution is 2.63. The van der Waals surface area contributed by atoms with E-state index in [0.717, 1.165) is 27.6 Å². The van der Waals surface area contributed by atoms with Crippen LogP contribution in [-0.4, -0.2) is 4.98 Å². The van der Waals surface area contributed by atoms with Crippen molar-refractivity contribution in [3.8, 4) is 44.6 Å². The fourth-order valence-electron chi connectivity index (χ4n) is 10.3. The molecule has 1 atom stereocenters. The zero-order valence-electron chi connectivity index (χ0n) is 29.1. The van der Waals surface area contributed by atoms with Gasteiger partial charge in [-0.15, -0.1) is 0 Å². The summed E-state index contributed by atoms with van der Waals surface area (Å²) in [5.74, 6) is 0. The van der Waals surface area contributed by atoms with E-state index >= 15 is 0 Å². The molecule has 0 radical (unpaired) electrons. The predicted molar refractivity (Wildman–Crippen MR) is 222 cm³/mol. The summed E-state index contributed by atoms with van der Waals surface area (Å²) in [6.45, 7) is 0. The van der Waals surface area contributed by atoms with E-state index < -0.39 is 5.41 Å². The minimum absolute atomic E-state index is 0.526. The van der Waals surface area contributed by atoms with Crippen molar-refractivity contribution >= 4 is 54.3 Å². The first-order valence-electron chi connectivity index (χ1n) is 18.7. The van der Waals surface area contributed by atoms with Gasteiger partial charge in [-0.25, -0.2) is 0 Å². The molecule has 11 aromatic rings. The molecule has 0 saturated carbocycles. The quantitative estimate of drug-likeness (QED) is 0.170. The summed E-state index contributed by atoms with van der Waals surface area (Å²) in [5.41, 5.74) is 16.1. The molecule has 2 heteroatoms. The van der Waals surface area contributed by atoms with E-state index in [0.29, 0.717) is 0 Å². The van der Waals surface area contributed by atoms with Gasteiger partial charge in [0, 0.05) is 22.5 Å². The number of benzene rings is 9. The Kier molecular flexibility index (Phi) is 5.34. The Labute approximate surface area is 310 Å². The lowest BCUT2D eigenvalue weighted by atomic mass is 9.70. The molecule has 2 aliphatic carbocycles. The third-order valence-electron chi connectivity index (χ3n) is 12.5. The van der Waals surface area contributed by atoms with Crippen LogP contribution in [0, 0.1) is 0 Å². The molecule has 2 aliphatic rings. The Bertz CT molecular complexity index is 3390. The summed E-state index contributed by atoms with van der Waals surface area (Å²) in [7, 11) is 0. The Balaban J connectivity index is 1.10. The number of aromatic nitrogens is 1. The number of para-hydroxylation sites is 1. The van der Waals surface area contributed by atoms with Crippen LogP contribution in [0.5, 0.6) is 0 Å². The molecule has 13 rings (SSSR count). The summed E-state index contributed by atoms with van der Waals surface area (Å²) < 4.78 is 6.47. The van der Waals surface area contributed by atoms with Crippen molar-refractivity contribution in [2.24, 2.45) is 0 Å². The van der Waals surface area contributed by atoms with Crippen LogP contribution >= 0.6 is 0 Å². The normalized spacial score (nSPS) is 15.5. The molecule has 54 heavy (non-hydrogen) atoms. The van der Waals surface area contributed by atoms with Crippen LogP contribution in [0.15, 0.2) is 180 Å². The van der Waals surface area contributed by atoms with Crippen LogP contribution in [-0.2, 0) is 5.41 Å². The third kappa shape index (κ3) is 3.44. The number of rotatable bonds is 2. The molecule has 248 valence electrons. The monoisotopic (exact) mass is 683 g/mol. The summed E-state index contributed by atoms with van der Waals surface area (Å²) >= 11 is 0. The largest absolute Gasteiger partial charge is 0.456 e. The van der Waals surface area contributed by atoms with E-state index in [1.165, 1.54) is 93.5 Å². The van der Waals surface area contributed by atoms with Crippen LogP contribution in [0.25, 0.3) is 98.9 Å². The number of hydrogen-bond donors (Lipinski definition) is 0. The molecule has 0 amide bonds. The van der Waals surface area contributed by atoms with Crippen molar-refractivity contribution in [3.63, 3.8) is 0 Å². The first-order chi connectivity index (χ1) is 26.8. The molecule has 0 N–H and O–H groups in total. The highest BCUT2D eigenvalue weighted by molar-refractivity contribution is 6.27. The molecule has 1 unspecified atom stereocenters. The zero-order chi connectivity index (χ0) is 35.1. The van der Waals surface area contributed by atoms with Crippen molar-refractivity contribution in [3.05, 3.63) is 198 Å². The Hall–Kier alpha value is -7.03. The summed E-state index contributed by atoms with van der Waals surface area (Å²) in [5, 5.41) is 10.0. The SMILES string of the molecule is c1ccc(-c2ccc3ccc4c(-c5ccc6c(c5)C5(c7ccccc7-c7cc8oc9ccccc9c8cc75)c5cccnc5-6)ccc5ccc2c3c54)cc1. The van der Waals surface area contributed by atoms with Crippen LogP contribution in [0.3, 0.4) is 0 Å². The van der Waals surface area contributed by atoms with Gasteiger partial charge < -0.3 is 4.42 Å². The fraction of sp³-hybridized carbons (Fsp3) is 0.0192. The average molecular weight is 684 g/mol. The molecular weight excluding hydrogens is 655 g/mol. The van der Waals surface area contributed by atoms with Gasteiger partial charge in [0.15, 0.2) is 0 Å². The lowest BCUT2D eigenvalue weighted by Gasteiger charge is -2.30. The standard InChI is InChI=1S/C52H29NO/c1-2-9-30(10-3-1)34-21-16-31-19-24-39-35(22-17-32-18-23-38(34)49(31)50(32)39)33-20-25-40-45(27-33)52(44-14-8-26-53-51(40)44)43-13-6-4-11-36(43)41-29-48-42(28-46(41)52)37-12-5-7-15-47(37)54-48/h1-29H. The average Bonchev–Trinajstić information content (AvgIpc) is 3.85. The Morgan fingerprint density at radius 3 is 1.87 bits per heavy atom. The second-order valence-electron chi connectivity index (χ2n) is 15.0. The first-order valence-corrected chi connectivity index (χ1v) is 18.7. The van der Waals surface area contributed by atoms with Crippen LogP contribution < -0.4 is 0 Å². The molecule has 2 aromatic heterocycles. The smallest absolute Gasteiger partial charge is 0.136 e. The highest BCUT2D eigenvalue weighted by atomic mass is 16.3. The number of fused-ring (bicyclic) bond motifs is 13. The predicted octanol–water partition coefficient (Wildman–Crippen LogP) is 13.6. The van der Waals surface area contributed by atoms with E-state index in [9.17, 15) is 0 Å². The first kappa shape index (κ1) is 28.5. The Morgan fingerprint density at radius 1 is 0.370 bits per heavy atom. The molecule has 1 spiro atoms. The van der Waals surface area contributed by atoms with Crippen molar-refractivity contribution in [2.75, 3.05) is 0 Å². The van der Waals surface area contributed by atoms with Crippen LogP contribution in [0.2, 0.25) is 0 Å². The molecule has 0 bridgehead atoms. The van der Waals surface area contributed by atoms with Crippen molar-refractivity contribution < 1.29 is 4.42 Å². The van der Waals surface area contributed by atoms with Gasteiger partial charge in [-0.2, -0.15) is 0 Å². The van der Waals surface area contributed by atoms with Gasteiger partial charge >= 0.3 is 0 Å². The maximum Gasteiger partial charge on any atom is 0.136 e. The van der Waals surface area contributed by atoms with Gasteiger partial charge in [0.25, 0.3) is 0 Å². The van der Waals surface area contributed by atoms with E-state index in [1.54, 1.807) is 0 Å². The van der Waals surface area contributed by atoms with Crippen molar-refractivity contribution in [1.82, 2.24) is 4.98 Å². The molecule has 9 aromatic carbocycles. The van der Waals surface area contributed by atoms with Gasteiger partial charge in [-0.1, -0.05) is 140 Å². The topological polar surface area (TPSA) is 26.0 Å². The third-order valence-corrected chi connectivity index (χ3v) is 12.5. The summed E-state index contributed by atoms with van der Waals surface area (Å²) in [4.78, 5) is 5.09.